The van der Waals surface area contributed by atoms with Crippen LogP contribution in [0.5, 0.6) is 5.88 Å². The smallest absolute Gasteiger partial charge is 0.337 e. The third kappa shape index (κ3) is 4.34. The van der Waals surface area contributed by atoms with Crippen molar-refractivity contribution in [1.29, 1.82) is 0 Å². The molecule has 0 saturated carbocycles. The van der Waals surface area contributed by atoms with Gasteiger partial charge in [0.05, 0.1) is 18.4 Å². The lowest BCUT2D eigenvalue weighted by atomic mass is 10.2. The highest BCUT2D eigenvalue weighted by molar-refractivity contribution is 9.10. The molecule has 0 fully saturated rings. The van der Waals surface area contributed by atoms with E-state index in [1.54, 1.807) is 19.1 Å². The first-order valence-electron chi connectivity index (χ1n) is 8.36. The van der Waals surface area contributed by atoms with Crippen LogP contribution in [0.3, 0.4) is 0 Å². The number of methoxy groups -OCH3 is 1. The molecule has 0 bridgehead atoms. The molecule has 2 aromatic carbocycles. The summed E-state index contributed by atoms with van der Waals surface area (Å²) in [4.78, 5) is 28.6. The van der Waals surface area contributed by atoms with E-state index in [1.807, 2.05) is 0 Å². The minimum atomic E-state index is -0.753. The van der Waals surface area contributed by atoms with Crippen LogP contribution in [0.2, 0.25) is 0 Å². The third-order valence-corrected chi connectivity index (χ3v) is 4.77. The molecule has 6 nitrogen and oxygen atoms in total. The van der Waals surface area contributed by atoms with Gasteiger partial charge in [-0.15, -0.1) is 0 Å². The molecule has 0 amide bonds. The molecule has 9 heteroatoms. The number of aromatic nitrogens is 2. The predicted molar refractivity (Wildman–Crippen MR) is 104 cm³/mol. The Morgan fingerprint density at radius 1 is 1.17 bits per heavy atom. The number of aryl methyl sites for hydroxylation is 1. The average molecular weight is 465 g/mol. The monoisotopic (exact) mass is 464 g/mol. The van der Waals surface area contributed by atoms with E-state index in [-0.39, 0.29) is 22.5 Å². The van der Waals surface area contributed by atoms with E-state index >= 15 is 0 Å². The van der Waals surface area contributed by atoms with Gasteiger partial charge in [-0.2, -0.15) is 4.98 Å². The Balaban J connectivity index is 1.90. The zero-order chi connectivity index (χ0) is 21.1. The summed E-state index contributed by atoms with van der Waals surface area (Å²) in [5.41, 5.74) is 0.512. The lowest BCUT2D eigenvalue weighted by Crippen LogP contribution is -2.24. The first kappa shape index (κ1) is 20.7. The van der Waals surface area contributed by atoms with Gasteiger partial charge in [0.25, 0.3) is 5.56 Å². The van der Waals surface area contributed by atoms with Crippen molar-refractivity contribution in [2.75, 3.05) is 7.11 Å². The molecule has 29 heavy (non-hydrogen) atoms. The van der Waals surface area contributed by atoms with Crippen LogP contribution < -0.4 is 10.3 Å². The van der Waals surface area contributed by atoms with E-state index in [2.05, 4.69) is 25.7 Å². The maximum atomic E-state index is 13.8. The average Bonchev–Trinajstić information content (AvgIpc) is 2.70. The summed E-state index contributed by atoms with van der Waals surface area (Å²) in [7, 11) is 1.28. The fourth-order valence-electron chi connectivity index (χ4n) is 2.63. The van der Waals surface area contributed by atoms with E-state index < -0.39 is 23.2 Å². The summed E-state index contributed by atoms with van der Waals surface area (Å²) >= 11 is 3.17. The summed E-state index contributed by atoms with van der Waals surface area (Å²) in [5.74, 6) is -1.63. The zero-order valence-corrected chi connectivity index (χ0v) is 17.0. The maximum absolute atomic E-state index is 13.8. The van der Waals surface area contributed by atoms with Crippen LogP contribution in [-0.2, 0) is 11.3 Å². The summed E-state index contributed by atoms with van der Waals surface area (Å²) in [6, 6.07) is 9.36. The highest BCUT2D eigenvalue weighted by atomic mass is 79.9. The van der Waals surface area contributed by atoms with E-state index in [4.69, 9.17) is 4.74 Å². The van der Waals surface area contributed by atoms with Gasteiger partial charge >= 0.3 is 5.97 Å². The van der Waals surface area contributed by atoms with Gasteiger partial charge in [-0.05, 0) is 59.3 Å². The van der Waals surface area contributed by atoms with Crippen molar-refractivity contribution in [3.8, 4) is 11.6 Å². The molecule has 0 aliphatic carbocycles. The first-order valence-corrected chi connectivity index (χ1v) is 9.15. The van der Waals surface area contributed by atoms with Crippen LogP contribution in [0.25, 0.3) is 5.69 Å². The van der Waals surface area contributed by atoms with Crippen molar-refractivity contribution in [1.82, 2.24) is 9.55 Å². The third-order valence-electron chi connectivity index (χ3n) is 4.09. The van der Waals surface area contributed by atoms with E-state index in [0.717, 1.165) is 12.1 Å². The Hall–Kier alpha value is -3.07. The minimum Gasteiger partial charge on any atom is -0.472 e. The van der Waals surface area contributed by atoms with Crippen LogP contribution >= 0.6 is 15.9 Å². The van der Waals surface area contributed by atoms with E-state index in [1.165, 1.54) is 29.9 Å². The fourth-order valence-corrected chi connectivity index (χ4v) is 3.01. The van der Waals surface area contributed by atoms with Crippen molar-refractivity contribution in [3.05, 3.63) is 85.9 Å². The van der Waals surface area contributed by atoms with Gasteiger partial charge in [0, 0.05) is 11.6 Å². The number of carbonyl (C=O) groups excluding carboxylic acids is 1. The normalized spacial score (nSPS) is 10.7. The topological polar surface area (TPSA) is 70.4 Å². The Labute approximate surface area is 172 Å². The molecule has 0 aliphatic heterocycles. The summed E-state index contributed by atoms with van der Waals surface area (Å²) in [6.45, 7) is 1.38. The molecule has 0 radical (unpaired) electrons. The van der Waals surface area contributed by atoms with Crippen LogP contribution in [0, 0.1) is 18.6 Å². The van der Waals surface area contributed by atoms with Crippen molar-refractivity contribution < 1.29 is 23.0 Å². The number of carbonyl (C=O) groups is 1. The van der Waals surface area contributed by atoms with Crippen LogP contribution in [0.4, 0.5) is 8.78 Å². The molecule has 0 unspecified atom stereocenters. The number of hydrogen-bond donors (Lipinski definition) is 0. The molecule has 150 valence electrons. The number of esters is 1. The molecule has 1 aromatic heterocycles. The van der Waals surface area contributed by atoms with Gasteiger partial charge in [0.2, 0.25) is 5.88 Å². The molecule has 0 spiro atoms. The van der Waals surface area contributed by atoms with Crippen LogP contribution in [0.1, 0.15) is 21.7 Å². The van der Waals surface area contributed by atoms with Crippen molar-refractivity contribution >= 4 is 21.9 Å². The number of halogens is 3. The Kier molecular flexibility index (Phi) is 6.07. The second-order valence-corrected chi connectivity index (χ2v) is 6.77. The first-order chi connectivity index (χ1) is 13.8. The molecule has 0 aliphatic rings. The van der Waals surface area contributed by atoms with Gasteiger partial charge < -0.3 is 9.47 Å². The molecular weight excluding hydrogens is 450 g/mol. The lowest BCUT2D eigenvalue weighted by molar-refractivity contribution is 0.0600. The van der Waals surface area contributed by atoms with Gasteiger partial charge in [-0.3, -0.25) is 9.36 Å². The molecule has 3 aromatic rings. The van der Waals surface area contributed by atoms with Crippen molar-refractivity contribution in [3.63, 3.8) is 0 Å². The van der Waals surface area contributed by atoms with Gasteiger partial charge in [0.15, 0.2) is 0 Å². The minimum absolute atomic E-state index is 0.0151. The Morgan fingerprint density at radius 2 is 1.86 bits per heavy atom. The van der Waals surface area contributed by atoms with Crippen molar-refractivity contribution in [2.45, 2.75) is 13.5 Å². The van der Waals surface area contributed by atoms with E-state index in [0.29, 0.717) is 17.1 Å². The molecule has 0 saturated heterocycles. The lowest BCUT2D eigenvalue weighted by Gasteiger charge is -2.14. The second-order valence-electron chi connectivity index (χ2n) is 5.98. The standard InChI is InChI=1S/C20H15BrF2N2O4/c1-11-24-18(29-10-13-3-6-14(22)9-16(13)23)17(21)19(26)25(11)15-7-4-12(5-8-15)20(27)28-2/h3-9H,10H2,1-2H3. The summed E-state index contributed by atoms with van der Waals surface area (Å²) < 4.78 is 38.3. The number of ether oxygens (including phenoxy) is 2. The predicted octanol–water partition coefficient (Wildman–Crippen LogP) is 3.95. The van der Waals surface area contributed by atoms with Gasteiger partial charge in [0.1, 0.15) is 28.5 Å². The molecule has 0 atom stereocenters. The van der Waals surface area contributed by atoms with Crippen LogP contribution in [-0.4, -0.2) is 22.6 Å². The Bertz CT molecular complexity index is 1130. The van der Waals surface area contributed by atoms with Crippen LogP contribution in [0.15, 0.2) is 51.7 Å². The van der Waals surface area contributed by atoms with Crippen molar-refractivity contribution in [2.24, 2.45) is 0 Å². The second kappa shape index (κ2) is 8.52. The molecule has 0 N–H and O–H groups in total. The fraction of sp³-hybridized carbons (Fsp3) is 0.150. The van der Waals surface area contributed by atoms with Gasteiger partial charge in [-0.1, -0.05) is 0 Å². The highest BCUT2D eigenvalue weighted by Gasteiger charge is 2.16. The quantitative estimate of drug-likeness (QED) is 0.534. The number of nitrogens with zero attached hydrogens (tertiary/aromatic N) is 2. The highest BCUT2D eigenvalue weighted by Crippen LogP contribution is 2.22. The largest absolute Gasteiger partial charge is 0.472 e. The number of hydrogen-bond acceptors (Lipinski definition) is 5. The summed E-state index contributed by atoms with van der Waals surface area (Å²) in [5, 5.41) is 0. The number of rotatable bonds is 5. The maximum Gasteiger partial charge on any atom is 0.337 e. The zero-order valence-electron chi connectivity index (χ0n) is 15.4. The van der Waals surface area contributed by atoms with E-state index in [9.17, 15) is 18.4 Å². The number of benzene rings is 2. The Morgan fingerprint density at radius 3 is 2.48 bits per heavy atom. The molecule has 3 rings (SSSR count). The molecule has 1 heterocycles. The van der Waals surface area contributed by atoms with Gasteiger partial charge in [-0.25, -0.2) is 13.6 Å². The SMILES string of the molecule is COC(=O)c1ccc(-n2c(C)nc(OCc3ccc(F)cc3F)c(Br)c2=O)cc1. The summed E-state index contributed by atoms with van der Waals surface area (Å²) in [6.07, 6.45) is 0. The molecular formula is C20H15BrF2N2O4.